The number of rotatable bonds is 3. The van der Waals surface area contributed by atoms with Gasteiger partial charge in [0.2, 0.25) is 0 Å². The molecule has 0 fully saturated rings. The highest BCUT2D eigenvalue weighted by Gasteiger charge is 2.13. The number of anilines is 1. The van der Waals surface area contributed by atoms with E-state index in [4.69, 9.17) is 34.8 Å². The van der Waals surface area contributed by atoms with E-state index in [1.165, 1.54) is 12.1 Å². The predicted molar refractivity (Wildman–Crippen MR) is 77.7 cm³/mol. The van der Waals surface area contributed by atoms with Gasteiger partial charge in [-0.15, -0.1) is 0 Å². The molecule has 2 aromatic rings. The molecular weight excluding hydrogens is 310 g/mol. The summed E-state index contributed by atoms with van der Waals surface area (Å²) in [6, 6.07) is 7.68. The number of nitrogens with one attached hydrogen (secondary N) is 1. The number of hydrogen-bond donors (Lipinski definition) is 1. The minimum atomic E-state index is -0.506. The van der Waals surface area contributed by atoms with E-state index in [9.17, 15) is 4.39 Å². The Morgan fingerprint density at radius 2 is 1.89 bits per heavy atom. The molecule has 0 bridgehead atoms. The normalized spacial score (nSPS) is 12.3. The molecule has 100 valence electrons. The van der Waals surface area contributed by atoms with Crippen LogP contribution >= 0.6 is 34.8 Å². The summed E-state index contributed by atoms with van der Waals surface area (Å²) in [7, 11) is 0. The molecule has 1 unspecified atom stereocenters. The zero-order chi connectivity index (χ0) is 14.0. The SMILES string of the molecule is CC(Nc1cccc(Cl)n1)c1cc(F)c(Cl)cc1Cl. The van der Waals surface area contributed by atoms with Gasteiger partial charge in [-0.2, -0.15) is 0 Å². The molecular formula is C13H10Cl3FN2. The Kier molecular flexibility index (Phi) is 4.50. The van der Waals surface area contributed by atoms with Crippen molar-refractivity contribution in [3.8, 4) is 0 Å². The van der Waals surface area contributed by atoms with E-state index >= 15 is 0 Å². The van der Waals surface area contributed by atoms with Crippen LogP contribution in [-0.2, 0) is 0 Å². The molecule has 2 nitrogen and oxygen atoms in total. The number of halogens is 4. The van der Waals surface area contributed by atoms with Gasteiger partial charge >= 0.3 is 0 Å². The van der Waals surface area contributed by atoms with Crippen molar-refractivity contribution in [2.45, 2.75) is 13.0 Å². The highest BCUT2D eigenvalue weighted by molar-refractivity contribution is 6.35. The lowest BCUT2D eigenvalue weighted by Gasteiger charge is -2.17. The highest BCUT2D eigenvalue weighted by Crippen LogP contribution is 2.30. The molecule has 0 aliphatic heterocycles. The summed E-state index contributed by atoms with van der Waals surface area (Å²) in [6.07, 6.45) is 0. The third-order valence-corrected chi connectivity index (χ3v) is 3.41. The Bertz CT molecular complexity index is 604. The molecule has 0 radical (unpaired) electrons. The summed E-state index contributed by atoms with van der Waals surface area (Å²) >= 11 is 17.5. The molecule has 1 atom stereocenters. The lowest BCUT2D eigenvalue weighted by molar-refractivity contribution is 0.624. The van der Waals surface area contributed by atoms with Crippen LogP contribution in [0.3, 0.4) is 0 Å². The van der Waals surface area contributed by atoms with Gasteiger partial charge in [0.15, 0.2) is 0 Å². The number of aromatic nitrogens is 1. The molecule has 1 aromatic carbocycles. The second-order valence-corrected chi connectivity index (χ2v) is 5.20. The minimum Gasteiger partial charge on any atom is -0.363 e. The molecule has 6 heteroatoms. The van der Waals surface area contributed by atoms with E-state index in [1.807, 2.05) is 6.92 Å². The van der Waals surface area contributed by atoms with Crippen molar-refractivity contribution in [2.24, 2.45) is 0 Å². The number of hydrogen-bond acceptors (Lipinski definition) is 2. The second-order valence-electron chi connectivity index (χ2n) is 4.00. The fourth-order valence-electron chi connectivity index (χ4n) is 1.66. The van der Waals surface area contributed by atoms with Gasteiger partial charge in [-0.25, -0.2) is 9.37 Å². The maximum Gasteiger partial charge on any atom is 0.142 e. The molecule has 0 saturated carbocycles. The molecule has 0 spiro atoms. The van der Waals surface area contributed by atoms with Crippen molar-refractivity contribution in [1.29, 1.82) is 0 Å². The zero-order valence-corrected chi connectivity index (χ0v) is 12.2. The highest BCUT2D eigenvalue weighted by atomic mass is 35.5. The minimum absolute atomic E-state index is 0.00169. The quantitative estimate of drug-likeness (QED) is 0.609. The van der Waals surface area contributed by atoms with Crippen LogP contribution < -0.4 is 5.32 Å². The van der Waals surface area contributed by atoms with Gasteiger partial charge in [-0.05, 0) is 36.8 Å². The molecule has 1 heterocycles. The van der Waals surface area contributed by atoms with E-state index in [1.54, 1.807) is 18.2 Å². The largest absolute Gasteiger partial charge is 0.363 e. The molecule has 19 heavy (non-hydrogen) atoms. The van der Waals surface area contributed by atoms with Gasteiger partial charge in [0.1, 0.15) is 16.8 Å². The molecule has 0 aliphatic carbocycles. The van der Waals surface area contributed by atoms with Gasteiger partial charge in [-0.3, -0.25) is 0 Å². The van der Waals surface area contributed by atoms with E-state index in [0.717, 1.165) is 0 Å². The Morgan fingerprint density at radius 1 is 1.16 bits per heavy atom. The Hall–Kier alpha value is -1.03. The molecule has 1 N–H and O–H groups in total. The average Bonchev–Trinajstić information content (AvgIpc) is 2.33. The smallest absolute Gasteiger partial charge is 0.142 e. The lowest BCUT2D eigenvalue weighted by atomic mass is 10.1. The van der Waals surface area contributed by atoms with Crippen LogP contribution in [0.1, 0.15) is 18.5 Å². The zero-order valence-electron chi connectivity index (χ0n) is 9.92. The van der Waals surface area contributed by atoms with E-state index in [2.05, 4.69) is 10.3 Å². The molecule has 2 rings (SSSR count). The molecule has 0 aliphatic rings. The van der Waals surface area contributed by atoms with Gasteiger partial charge < -0.3 is 5.32 Å². The summed E-state index contributed by atoms with van der Waals surface area (Å²) in [5.74, 6) is 0.0835. The first kappa shape index (κ1) is 14.4. The Balaban J connectivity index is 2.25. The monoisotopic (exact) mass is 318 g/mol. The standard InChI is InChI=1S/C13H10Cl3FN2/c1-7(18-13-4-2-3-12(16)19-13)8-5-11(17)10(15)6-9(8)14/h2-7H,1H3,(H,18,19). The van der Waals surface area contributed by atoms with Crippen molar-refractivity contribution in [2.75, 3.05) is 5.32 Å². The topological polar surface area (TPSA) is 24.9 Å². The van der Waals surface area contributed by atoms with Gasteiger partial charge in [-0.1, -0.05) is 40.9 Å². The van der Waals surface area contributed by atoms with Crippen LogP contribution in [0.4, 0.5) is 10.2 Å². The summed E-state index contributed by atoms with van der Waals surface area (Å²) in [5.41, 5.74) is 0.602. The van der Waals surface area contributed by atoms with Gasteiger partial charge in [0.25, 0.3) is 0 Å². The van der Waals surface area contributed by atoms with Crippen LogP contribution in [0.5, 0.6) is 0 Å². The van der Waals surface area contributed by atoms with E-state index < -0.39 is 5.82 Å². The Morgan fingerprint density at radius 3 is 2.58 bits per heavy atom. The van der Waals surface area contributed by atoms with Crippen LogP contribution in [0.2, 0.25) is 15.2 Å². The molecule has 1 aromatic heterocycles. The first-order chi connectivity index (χ1) is 8.97. The lowest BCUT2D eigenvalue weighted by Crippen LogP contribution is -2.09. The fraction of sp³-hybridized carbons (Fsp3) is 0.154. The average molecular weight is 320 g/mol. The first-order valence-corrected chi connectivity index (χ1v) is 6.64. The first-order valence-electron chi connectivity index (χ1n) is 5.51. The van der Waals surface area contributed by atoms with Crippen molar-refractivity contribution >= 4 is 40.6 Å². The number of nitrogens with zero attached hydrogens (tertiary/aromatic N) is 1. The second kappa shape index (κ2) is 5.95. The summed E-state index contributed by atoms with van der Waals surface area (Å²) in [4.78, 5) is 4.10. The molecule has 0 amide bonds. The third kappa shape index (κ3) is 3.50. The number of pyridine rings is 1. The van der Waals surface area contributed by atoms with Crippen molar-refractivity contribution in [1.82, 2.24) is 4.98 Å². The summed E-state index contributed by atoms with van der Waals surface area (Å²) in [6.45, 7) is 1.84. The maximum atomic E-state index is 13.5. The summed E-state index contributed by atoms with van der Waals surface area (Å²) < 4.78 is 13.5. The van der Waals surface area contributed by atoms with Crippen molar-refractivity contribution < 1.29 is 4.39 Å². The fourth-order valence-corrected chi connectivity index (χ4v) is 2.37. The van der Waals surface area contributed by atoms with E-state index in [0.29, 0.717) is 21.6 Å². The van der Waals surface area contributed by atoms with Crippen LogP contribution in [0, 0.1) is 5.82 Å². The number of benzene rings is 1. The van der Waals surface area contributed by atoms with Crippen LogP contribution in [-0.4, -0.2) is 4.98 Å². The Labute approximate surface area is 125 Å². The van der Waals surface area contributed by atoms with Crippen LogP contribution in [0.25, 0.3) is 0 Å². The predicted octanol–water partition coefficient (Wildman–Crippen LogP) is 5.35. The van der Waals surface area contributed by atoms with Crippen LogP contribution in [0.15, 0.2) is 30.3 Å². The maximum absolute atomic E-state index is 13.5. The molecule has 0 saturated heterocycles. The third-order valence-electron chi connectivity index (χ3n) is 2.59. The van der Waals surface area contributed by atoms with E-state index in [-0.39, 0.29) is 11.1 Å². The van der Waals surface area contributed by atoms with Crippen molar-refractivity contribution in [3.05, 3.63) is 56.9 Å². The van der Waals surface area contributed by atoms with Gasteiger partial charge in [0, 0.05) is 5.02 Å². The van der Waals surface area contributed by atoms with Crippen molar-refractivity contribution in [3.63, 3.8) is 0 Å². The summed E-state index contributed by atoms with van der Waals surface area (Å²) in [5, 5.41) is 3.88. The van der Waals surface area contributed by atoms with Gasteiger partial charge in [0.05, 0.1) is 11.1 Å².